The highest BCUT2D eigenvalue weighted by molar-refractivity contribution is 5.94. The van der Waals surface area contributed by atoms with Crippen molar-refractivity contribution in [2.24, 2.45) is 0 Å². The van der Waals surface area contributed by atoms with Gasteiger partial charge in [-0.15, -0.1) is 0 Å². The molecule has 3 aliphatic rings. The molecule has 0 aromatic carbocycles. The molecule has 1 N–H and O–H groups in total. The summed E-state index contributed by atoms with van der Waals surface area (Å²) in [7, 11) is 2.20. The maximum Gasteiger partial charge on any atom is 0.130 e. The molecule has 0 saturated carbocycles. The minimum Gasteiger partial charge on any atom is -0.377 e. The van der Waals surface area contributed by atoms with E-state index in [9.17, 15) is 5.26 Å². The highest BCUT2D eigenvalue weighted by Crippen LogP contribution is 2.42. The first-order chi connectivity index (χ1) is 17.6. The van der Waals surface area contributed by atoms with Crippen molar-refractivity contribution in [3.05, 3.63) is 36.2 Å². The van der Waals surface area contributed by atoms with Crippen LogP contribution in [0.15, 0.2) is 30.6 Å². The largest absolute Gasteiger partial charge is 0.377 e. The van der Waals surface area contributed by atoms with Gasteiger partial charge >= 0.3 is 0 Å². The molecule has 3 aromatic heterocycles. The van der Waals surface area contributed by atoms with Crippen LogP contribution in [0.2, 0.25) is 0 Å². The van der Waals surface area contributed by atoms with Crippen LogP contribution < -0.4 is 4.90 Å². The fourth-order valence-electron chi connectivity index (χ4n) is 6.26. The topological polar surface area (TPSA) is 97.2 Å². The van der Waals surface area contributed by atoms with Crippen LogP contribution >= 0.6 is 0 Å². The molecule has 3 aliphatic heterocycles. The second-order valence-corrected chi connectivity index (χ2v) is 10.6. The lowest BCUT2D eigenvalue weighted by Crippen LogP contribution is -2.47. The normalized spacial score (nSPS) is 25.3. The molecular weight excluding hydrogens is 452 g/mol. The Bertz CT molecular complexity index is 1260. The summed E-state index contributed by atoms with van der Waals surface area (Å²) in [4.78, 5) is 17.2. The van der Waals surface area contributed by atoms with Crippen LogP contribution in [0.5, 0.6) is 0 Å². The number of aromatic amines is 1. The number of nitrogens with zero attached hydrogens (tertiary/aromatic N) is 7. The summed E-state index contributed by atoms with van der Waals surface area (Å²) in [6.45, 7) is 8.45. The van der Waals surface area contributed by atoms with Crippen LogP contribution in [0, 0.1) is 11.3 Å². The van der Waals surface area contributed by atoms with Gasteiger partial charge in [-0.25, -0.2) is 4.98 Å². The molecular formula is C27H34N8O. The third kappa shape index (κ3) is 4.03. The summed E-state index contributed by atoms with van der Waals surface area (Å²) < 4.78 is 5.70. The van der Waals surface area contributed by atoms with E-state index < -0.39 is 5.41 Å². The van der Waals surface area contributed by atoms with Gasteiger partial charge in [0.1, 0.15) is 17.0 Å². The Morgan fingerprint density at radius 1 is 1.17 bits per heavy atom. The fraction of sp³-hybridized carbons (Fsp3) is 0.556. The van der Waals surface area contributed by atoms with Gasteiger partial charge in [0.15, 0.2) is 0 Å². The number of H-pyrrole nitrogens is 1. The Morgan fingerprint density at radius 3 is 2.72 bits per heavy atom. The Morgan fingerprint density at radius 2 is 2.03 bits per heavy atom. The third-order valence-electron chi connectivity index (χ3n) is 8.40. The number of fused-ring (bicyclic) bond motifs is 1. The maximum absolute atomic E-state index is 10.7. The highest BCUT2D eigenvalue weighted by atomic mass is 16.5. The predicted molar refractivity (Wildman–Crippen MR) is 139 cm³/mol. The zero-order valence-electron chi connectivity index (χ0n) is 21.2. The van der Waals surface area contributed by atoms with Gasteiger partial charge in [-0.1, -0.05) is 0 Å². The van der Waals surface area contributed by atoms with Crippen molar-refractivity contribution < 1.29 is 4.74 Å². The van der Waals surface area contributed by atoms with Crippen LogP contribution in [0.3, 0.4) is 0 Å². The summed E-state index contributed by atoms with van der Waals surface area (Å²) in [6, 6.07) is 9.74. The van der Waals surface area contributed by atoms with Gasteiger partial charge in [0.2, 0.25) is 0 Å². The van der Waals surface area contributed by atoms with Crippen molar-refractivity contribution in [3.63, 3.8) is 0 Å². The standard InChI is InChI=1S/C27H34N8O/c1-19-17-36-14-13-35(19)24-15-22(21-3-8-29-26(25(21)31-24)23-4-9-30-32-23)27(18-28)6-11-34(12-7-27)20-5-10-33(2)16-20/h3-4,8-9,15,19-20H,5-7,10-14,16-17H2,1-2H3,(H,30,32)/t19-,20?/m1/s1. The summed E-state index contributed by atoms with van der Waals surface area (Å²) in [6.07, 6.45) is 6.42. The number of pyridine rings is 2. The van der Waals surface area contributed by atoms with E-state index in [1.807, 2.05) is 18.3 Å². The first-order valence-corrected chi connectivity index (χ1v) is 13.1. The van der Waals surface area contributed by atoms with E-state index in [-0.39, 0.29) is 6.04 Å². The van der Waals surface area contributed by atoms with E-state index >= 15 is 0 Å². The average Bonchev–Trinajstić information content (AvgIpc) is 3.60. The number of aromatic nitrogens is 4. The number of piperidine rings is 1. The van der Waals surface area contributed by atoms with E-state index in [1.54, 1.807) is 6.20 Å². The molecule has 9 nitrogen and oxygen atoms in total. The van der Waals surface area contributed by atoms with Crippen LogP contribution in [0.25, 0.3) is 22.3 Å². The number of ether oxygens (including phenoxy) is 1. The number of anilines is 1. The van der Waals surface area contributed by atoms with Gasteiger partial charge in [0.05, 0.1) is 36.4 Å². The SMILES string of the molecule is C[C@@H]1COCCN1c1cc(C2(C#N)CCN(C3CCN(C)C3)CC2)c2ccnc(-c3ccn[nH]3)c2n1. The molecule has 1 unspecified atom stereocenters. The number of likely N-dealkylation sites (tertiary alicyclic amines) is 2. The van der Waals surface area contributed by atoms with E-state index in [0.717, 1.165) is 79.2 Å². The van der Waals surface area contributed by atoms with Crippen molar-refractivity contribution >= 4 is 16.7 Å². The molecule has 2 atom stereocenters. The second kappa shape index (κ2) is 9.43. The van der Waals surface area contributed by atoms with E-state index in [4.69, 9.17) is 9.72 Å². The number of morpholine rings is 1. The lowest BCUT2D eigenvalue weighted by Gasteiger charge is -2.41. The highest BCUT2D eigenvalue weighted by Gasteiger charge is 2.41. The zero-order valence-corrected chi connectivity index (χ0v) is 21.2. The molecule has 0 aliphatic carbocycles. The molecule has 9 heteroatoms. The van der Waals surface area contributed by atoms with Gasteiger partial charge in [-0.05, 0) is 63.5 Å². The zero-order chi connectivity index (χ0) is 24.7. The Balaban J connectivity index is 1.45. The van der Waals surface area contributed by atoms with Gasteiger partial charge in [0, 0.05) is 50.0 Å². The minimum absolute atomic E-state index is 0.211. The minimum atomic E-state index is -0.556. The molecule has 0 spiro atoms. The summed E-state index contributed by atoms with van der Waals surface area (Å²) in [5.41, 5.74) is 2.95. The monoisotopic (exact) mass is 486 g/mol. The number of rotatable bonds is 4. The molecule has 36 heavy (non-hydrogen) atoms. The molecule has 0 radical (unpaired) electrons. The quantitative estimate of drug-likeness (QED) is 0.601. The first kappa shape index (κ1) is 23.3. The summed E-state index contributed by atoms with van der Waals surface area (Å²) >= 11 is 0. The van der Waals surface area contributed by atoms with Crippen molar-refractivity contribution in [1.82, 2.24) is 30.0 Å². The molecule has 3 saturated heterocycles. The lowest BCUT2D eigenvalue weighted by atomic mass is 9.72. The molecule has 6 rings (SSSR count). The van der Waals surface area contributed by atoms with Crippen LogP contribution in [0.4, 0.5) is 5.82 Å². The number of hydrogen-bond acceptors (Lipinski definition) is 8. The Hall–Kier alpha value is -3.06. The van der Waals surface area contributed by atoms with Crippen molar-refractivity contribution in [3.8, 4) is 17.5 Å². The summed E-state index contributed by atoms with van der Waals surface area (Å²) in [5.74, 6) is 0.900. The van der Waals surface area contributed by atoms with Crippen LogP contribution in [-0.2, 0) is 10.2 Å². The van der Waals surface area contributed by atoms with Crippen LogP contribution in [0.1, 0.15) is 31.7 Å². The maximum atomic E-state index is 10.7. The van der Waals surface area contributed by atoms with Gasteiger partial charge in [-0.3, -0.25) is 15.0 Å². The smallest absolute Gasteiger partial charge is 0.130 e. The van der Waals surface area contributed by atoms with Gasteiger partial charge < -0.3 is 14.5 Å². The van der Waals surface area contributed by atoms with Crippen molar-refractivity contribution in [2.75, 3.05) is 57.9 Å². The molecule has 3 aromatic rings. The predicted octanol–water partition coefficient (Wildman–Crippen LogP) is 2.81. The first-order valence-electron chi connectivity index (χ1n) is 13.1. The van der Waals surface area contributed by atoms with Crippen molar-refractivity contribution in [1.29, 1.82) is 5.26 Å². The van der Waals surface area contributed by atoms with E-state index in [2.05, 4.69) is 56.0 Å². The number of nitriles is 1. The van der Waals surface area contributed by atoms with Crippen LogP contribution in [-0.4, -0.2) is 95.0 Å². The van der Waals surface area contributed by atoms with Crippen molar-refractivity contribution in [2.45, 2.75) is 43.7 Å². The Labute approximate surface area is 212 Å². The third-order valence-corrected chi connectivity index (χ3v) is 8.40. The number of likely N-dealkylation sites (N-methyl/N-ethyl adjacent to an activating group) is 1. The Kier molecular flexibility index (Phi) is 6.12. The second-order valence-electron chi connectivity index (χ2n) is 10.6. The molecule has 188 valence electrons. The lowest BCUT2D eigenvalue weighted by molar-refractivity contribution is 0.0985. The number of hydrogen-bond donors (Lipinski definition) is 1. The molecule has 0 amide bonds. The van der Waals surface area contributed by atoms with Gasteiger partial charge in [0.25, 0.3) is 0 Å². The summed E-state index contributed by atoms with van der Waals surface area (Å²) in [5, 5.41) is 18.9. The van der Waals surface area contributed by atoms with Gasteiger partial charge in [-0.2, -0.15) is 10.4 Å². The molecule has 0 bridgehead atoms. The van der Waals surface area contributed by atoms with E-state index in [1.165, 1.54) is 6.42 Å². The average molecular weight is 487 g/mol. The fourth-order valence-corrected chi connectivity index (χ4v) is 6.26. The molecule has 6 heterocycles. The molecule has 3 fully saturated rings. The number of nitrogens with one attached hydrogen (secondary N) is 1. The van der Waals surface area contributed by atoms with E-state index in [0.29, 0.717) is 19.3 Å².